The molecule has 3 unspecified atom stereocenters. The molecule has 3 atom stereocenters. The lowest BCUT2D eigenvalue weighted by Crippen LogP contribution is -2.32. The predicted molar refractivity (Wildman–Crippen MR) is 182 cm³/mol. The van der Waals surface area contributed by atoms with E-state index in [1.165, 1.54) is 18.0 Å². The molecular formula is C36H40N4O6S. The largest absolute Gasteiger partial charge is 0.618 e. The number of carbonyl (C=O) groups is 2. The van der Waals surface area contributed by atoms with Crippen LogP contribution in [0.3, 0.4) is 0 Å². The van der Waals surface area contributed by atoms with Gasteiger partial charge in [0.2, 0.25) is 11.8 Å². The fourth-order valence-corrected chi connectivity index (χ4v) is 6.18. The van der Waals surface area contributed by atoms with Gasteiger partial charge in [-0.2, -0.15) is 4.73 Å². The number of nitrogens with zero attached hydrogens (tertiary/aromatic N) is 1. The van der Waals surface area contributed by atoms with Crippen molar-refractivity contribution in [3.8, 4) is 0 Å². The highest BCUT2D eigenvalue weighted by molar-refractivity contribution is 7.99. The average molecular weight is 657 g/mol. The number of nitrogens with one attached hydrogen (secondary N) is 2. The van der Waals surface area contributed by atoms with Gasteiger partial charge in [0.1, 0.15) is 0 Å². The van der Waals surface area contributed by atoms with Crippen LogP contribution < -0.4 is 21.1 Å². The highest BCUT2D eigenvalue weighted by Crippen LogP contribution is 2.39. The summed E-state index contributed by atoms with van der Waals surface area (Å²) in [6.45, 7) is -0.0316. The number of aliphatic hydroxyl groups is 1. The third kappa shape index (κ3) is 10.0. The van der Waals surface area contributed by atoms with Gasteiger partial charge in [-0.05, 0) is 54.3 Å². The molecule has 1 aliphatic heterocycles. The Kier molecular flexibility index (Phi) is 12.2. The zero-order valence-corrected chi connectivity index (χ0v) is 26.9. The van der Waals surface area contributed by atoms with Crippen molar-refractivity contribution >= 4 is 40.6 Å². The molecule has 47 heavy (non-hydrogen) atoms. The Labute approximate surface area is 278 Å². The van der Waals surface area contributed by atoms with Gasteiger partial charge >= 0.3 is 0 Å². The van der Waals surface area contributed by atoms with E-state index in [4.69, 9.17) is 15.2 Å². The number of nitrogen functional groups attached to an aromatic ring is 1. The van der Waals surface area contributed by atoms with E-state index in [-0.39, 0.29) is 30.6 Å². The van der Waals surface area contributed by atoms with E-state index >= 15 is 0 Å². The molecule has 1 fully saturated rings. The number of aromatic nitrogens is 1. The van der Waals surface area contributed by atoms with Crippen molar-refractivity contribution in [3.05, 3.63) is 119 Å². The van der Waals surface area contributed by atoms with Crippen LogP contribution in [0.15, 0.2) is 102 Å². The highest BCUT2D eigenvalue weighted by atomic mass is 32.2. The molecule has 3 aromatic carbocycles. The first-order valence-corrected chi connectivity index (χ1v) is 16.7. The molecule has 5 N–H and O–H groups in total. The second-order valence-electron chi connectivity index (χ2n) is 11.4. The van der Waals surface area contributed by atoms with Crippen LogP contribution in [0.2, 0.25) is 0 Å². The third-order valence-corrected chi connectivity index (χ3v) is 8.98. The maximum absolute atomic E-state index is 12.6. The van der Waals surface area contributed by atoms with Gasteiger partial charge in [0, 0.05) is 48.4 Å². The second kappa shape index (κ2) is 16.9. The lowest BCUT2D eigenvalue weighted by Gasteiger charge is -2.36. The first-order valence-electron chi connectivity index (χ1n) is 15.7. The molecule has 5 rings (SSSR count). The molecule has 11 heteroatoms. The Balaban J connectivity index is 1.12. The molecule has 0 radical (unpaired) electrons. The molecule has 2 amide bonds. The van der Waals surface area contributed by atoms with Crippen molar-refractivity contribution in [1.29, 1.82) is 0 Å². The van der Waals surface area contributed by atoms with Gasteiger partial charge in [-0.3, -0.25) is 9.59 Å². The van der Waals surface area contributed by atoms with Crippen LogP contribution in [-0.2, 0) is 25.7 Å². The fraction of sp³-hybridized carbons (Fsp3) is 0.306. The minimum absolute atomic E-state index is 0.0316. The van der Waals surface area contributed by atoms with Crippen LogP contribution in [0, 0.1) is 5.21 Å². The van der Waals surface area contributed by atoms with Crippen molar-refractivity contribution in [1.82, 2.24) is 0 Å². The van der Waals surface area contributed by atoms with Crippen LogP contribution in [0.1, 0.15) is 67.6 Å². The Morgan fingerprint density at radius 2 is 1.53 bits per heavy atom. The number of ether oxygens (including phenoxy) is 2. The summed E-state index contributed by atoms with van der Waals surface area (Å²) < 4.78 is 13.6. The molecule has 1 saturated heterocycles. The van der Waals surface area contributed by atoms with Crippen molar-refractivity contribution < 1.29 is 28.9 Å². The number of carbonyl (C=O) groups excluding carboxylic acids is 2. The fourth-order valence-electron chi connectivity index (χ4n) is 5.24. The van der Waals surface area contributed by atoms with E-state index in [0.717, 1.165) is 27.8 Å². The standard InChI is InChI=1S/C36H40N4O6S/c37-30-8-4-5-9-31(30)39-34(43)11-3-1-2-10-33(42)38-28-19-17-27(18-20-28)36-45-29(24-47-35-12-6-7-21-40(35)44)22-32(46-36)26-15-13-25(23-41)14-16-26/h4-9,12-21,29,32,36,41H,1-3,10-11,22-24,37H2,(H,38,42)(H,39,43). The quantitative estimate of drug-likeness (QED) is 0.0409. The van der Waals surface area contributed by atoms with Gasteiger partial charge in [0.15, 0.2) is 12.5 Å². The normalized spacial score (nSPS) is 17.6. The monoisotopic (exact) mass is 656 g/mol. The summed E-state index contributed by atoms with van der Waals surface area (Å²) in [5.74, 6) is 0.378. The van der Waals surface area contributed by atoms with Gasteiger partial charge in [0.05, 0.1) is 30.2 Å². The number of para-hydroxylation sites is 2. The number of amides is 2. The summed E-state index contributed by atoms with van der Waals surface area (Å²) in [5.41, 5.74) is 10.3. The van der Waals surface area contributed by atoms with E-state index < -0.39 is 6.29 Å². The molecule has 10 nitrogen and oxygen atoms in total. The Morgan fingerprint density at radius 1 is 0.851 bits per heavy atom. The summed E-state index contributed by atoms with van der Waals surface area (Å²) in [6, 6.07) is 27.6. The molecule has 4 aromatic rings. The molecule has 2 heterocycles. The van der Waals surface area contributed by atoms with Gasteiger partial charge in [-0.1, -0.05) is 66.7 Å². The number of hydrogen-bond acceptors (Lipinski definition) is 8. The van der Waals surface area contributed by atoms with Crippen molar-refractivity contribution in [3.63, 3.8) is 0 Å². The zero-order chi connectivity index (χ0) is 33.0. The predicted octanol–water partition coefficient (Wildman–Crippen LogP) is 6.26. The topological polar surface area (TPSA) is 150 Å². The van der Waals surface area contributed by atoms with Crippen molar-refractivity contribution in [2.45, 2.75) is 68.7 Å². The molecule has 0 spiro atoms. The van der Waals surface area contributed by atoms with Crippen LogP contribution in [0.5, 0.6) is 0 Å². The van der Waals surface area contributed by atoms with Gasteiger partial charge in [0.25, 0.3) is 5.03 Å². The number of thioether (sulfide) groups is 1. The third-order valence-electron chi connectivity index (χ3n) is 7.83. The van der Waals surface area contributed by atoms with Crippen LogP contribution in [-0.4, -0.2) is 28.8 Å². The van der Waals surface area contributed by atoms with Gasteiger partial charge in [-0.25, -0.2) is 0 Å². The SMILES string of the molecule is Nc1ccccc1NC(=O)CCCCCC(=O)Nc1ccc(C2OC(CSc3cccc[n+]3[O-])CC(c3ccc(CO)cc3)O2)cc1. The number of unbranched alkanes of at least 4 members (excludes halogenated alkanes) is 2. The number of nitrogens with two attached hydrogens (primary N) is 1. The Morgan fingerprint density at radius 3 is 2.23 bits per heavy atom. The van der Waals surface area contributed by atoms with E-state index in [1.54, 1.807) is 24.3 Å². The van der Waals surface area contributed by atoms with E-state index in [2.05, 4.69) is 10.6 Å². The average Bonchev–Trinajstić information content (AvgIpc) is 3.09. The maximum atomic E-state index is 12.6. The maximum Gasteiger partial charge on any atom is 0.251 e. The number of anilines is 3. The Hall–Kier alpha value is -4.42. The first-order chi connectivity index (χ1) is 22.9. The first kappa shape index (κ1) is 33.9. The summed E-state index contributed by atoms with van der Waals surface area (Å²) in [5, 5.41) is 28.0. The minimum Gasteiger partial charge on any atom is -0.618 e. The minimum atomic E-state index is -0.646. The Bertz CT molecular complexity index is 1620. The molecule has 0 saturated carbocycles. The lowest BCUT2D eigenvalue weighted by atomic mass is 10.0. The van der Waals surface area contributed by atoms with E-state index in [9.17, 15) is 19.9 Å². The molecule has 1 aliphatic rings. The van der Waals surface area contributed by atoms with Gasteiger partial charge < -0.3 is 36.2 Å². The smallest absolute Gasteiger partial charge is 0.251 e. The summed E-state index contributed by atoms with van der Waals surface area (Å²) in [7, 11) is 0. The zero-order valence-electron chi connectivity index (χ0n) is 26.0. The molecule has 1 aromatic heterocycles. The highest BCUT2D eigenvalue weighted by Gasteiger charge is 2.32. The van der Waals surface area contributed by atoms with Crippen molar-refractivity contribution in [2.75, 3.05) is 22.1 Å². The molecule has 0 bridgehead atoms. The molecule has 0 aliphatic carbocycles. The van der Waals surface area contributed by atoms with E-state index in [1.807, 2.05) is 66.7 Å². The number of benzene rings is 3. The summed E-state index contributed by atoms with van der Waals surface area (Å²) >= 11 is 1.44. The lowest BCUT2D eigenvalue weighted by molar-refractivity contribution is -0.645. The molecule has 246 valence electrons. The van der Waals surface area contributed by atoms with Crippen LogP contribution >= 0.6 is 11.8 Å². The summed E-state index contributed by atoms with van der Waals surface area (Å²) in [4.78, 5) is 24.8. The van der Waals surface area contributed by atoms with Gasteiger partial charge in [-0.15, -0.1) is 0 Å². The number of aliphatic hydroxyl groups excluding tert-OH is 1. The van der Waals surface area contributed by atoms with E-state index in [0.29, 0.717) is 59.9 Å². The second-order valence-corrected chi connectivity index (χ2v) is 12.4. The molecular weight excluding hydrogens is 616 g/mol. The van der Waals surface area contributed by atoms with Crippen LogP contribution in [0.25, 0.3) is 0 Å². The summed E-state index contributed by atoms with van der Waals surface area (Å²) in [6.07, 6.45) is 3.82. The number of rotatable bonds is 14. The van der Waals surface area contributed by atoms with Crippen molar-refractivity contribution in [2.24, 2.45) is 0 Å². The number of pyridine rings is 1. The van der Waals surface area contributed by atoms with Crippen LogP contribution in [0.4, 0.5) is 17.1 Å². The number of hydrogen-bond donors (Lipinski definition) is 4.